The Balaban J connectivity index is 0.000000118. The van der Waals surface area contributed by atoms with Crippen LogP contribution in [-0.2, 0) is 38.1 Å². The van der Waals surface area contributed by atoms with Gasteiger partial charge in [-0.1, -0.05) is 19.7 Å². The molecule has 1 N–H and O–H groups in total. The summed E-state index contributed by atoms with van der Waals surface area (Å²) in [5.74, 6) is 4.11. The molecule has 9 nitrogen and oxygen atoms in total. The quantitative estimate of drug-likeness (QED) is 0.191. The summed E-state index contributed by atoms with van der Waals surface area (Å²) in [5.41, 5.74) is 0.729. The Kier molecular flexibility index (Phi) is 9.17. The highest BCUT2D eigenvalue weighted by molar-refractivity contribution is 5.88. The average Bonchev–Trinajstić information content (AvgIpc) is 3.66. The number of hydrogen-bond acceptors (Lipinski definition) is 9. The number of carbonyl (C=O) groups is 4. The van der Waals surface area contributed by atoms with Crippen LogP contribution in [-0.4, -0.2) is 58.5 Å². The van der Waals surface area contributed by atoms with Crippen LogP contribution < -0.4 is 0 Å². The van der Waals surface area contributed by atoms with Crippen LogP contribution in [0.1, 0.15) is 105 Å². The number of fused-ring (bicyclic) bond motifs is 1. The molecule has 11 fully saturated rings. The summed E-state index contributed by atoms with van der Waals surface area (Å²) >= 11 is 0. The van der Waals surface area contributed by atoms with Crippen LogP contribution in [0.2, 0.25) is 0 Å². The molecule has 0 aromatic carbocycles. The van der Waals surface area contributed by atoms with Gasteiger partial charge in [-0.15, -0.1) is 0 Å². The third-order valence-electron chi connectivity index (χ3n) is 14.2. The van der Waals surface area contributed by atoms with E-state index in [-0.39, 0.29) is 59.6 Å². The number of ether oxygens (including phenoxy) is 4. The van der Waals surface area contributed by atoms with E-state index in [1.165, 1.54) is 32.1 Å². The van der Waals surface area contributed by atoms with E-state index in [9.17, 15) is 24.3 Å². The molecule has 11 aliphatic rings. The van der Waals surface area contributed by atoms with E-state index in [2.05, 4.69) is 26.7 Å². The molecule has 274 valence electrons. The maximum absolute atomic E-state index is 11.8. The fourth-order valence-corrected chi connectivity index (χ4v) is 12.2. The lowest BCUT2D eigenvalue weighted by molar-refractivity contribution is -0.199. The number of hydrogen-bond donors (Lipinski definition) is 1. The van der Waals surface area contributed by atoms with Crippen LogP contribution >= 0.6 is 0 Å². The molecule has 0 aromatic rings. The smallest absolute Gasteiger partial charge is 0.333 e. The highest BCUT2D eigenvalue weighted by Crippen LogP contribution is 2.60. The van der Waals surface area contributed by atoms with Crippen molar-refractivity contribution in [3.05, 3.63) is 36.5 Å². The van der Waals surface area contributed by atoms with Crippen LogP contribution in [0.5, 0.6) is 0 Å². The summed E-state index contributed by atoms with van der Waals surface area (Å²) in [6, 6.07) is 0. The molecule has 7 unspecified atom stereocenters. The first kappa shape index (κ1) is 35.5. The van der Waals surface area contributed by atoms with Crippen LogP contribution in [0.4, 0.5) is 0 Å². The van der Waals surface area contributed by atoms with E-state index in [1.807, 2.05) is 0 Å². The summed E-state index contributed by atoms with van der Waals surface area (Å²) in [7, 11) is 0. The second-order valence-corrected chi connectivity index (χ2v) is 18.1. The van der Waals surface area contributed by atoms with Gasteiger partial charge in [0.15, 0.2) is 0 Å². The minimum Gasteiger partial charge on any atom is -0.458 e. The zero-order valence-corrected chi connectivity index (χ0v) is 30.3. The van der Waals surface area contributed by atoms with E-state index in [4.69, 9.17) is 18.9 Å². The summed E-state index contributed by atoms with van der Waals surface area (Å²) in [6.45, 7) is 18.1. The van der Waals surface area contributed by atoms with Crippen molar-refractivity contribution in [3.63, 3.8) is 0 Å². The third kappa shape index (κ3) is 6.38. The molecular formula is C41H56O9. The van der Waals surface area contributed by atoms with Crippen LogP contribution in [0.25, 0.3) is 0 Å². The zero-order chi connectivity index (χ0) is 35.9. The van der Waals surface area contributed by atoms with Crippen LogP contribution in [0.15, 0.2) is 36.5 Å². The molecule has 1 heterocycles. The molecule has 10 aliphatic carbocycles. The van der Waals surface area contributed by atoms with Crippen molar-refractivity contribution in [2.45, 2.75) is 134 Å². The molecule has 10 bridgehead atoms. The Morgan fingerprint density at radius 2 is 1.20 bits per heavy atom. The summed E-state index contributed by atoms with van der Waals surface area (Å²) < 4.78 is 22.1. The van der Waals surface area contributed by atoms with E-state index in [0.29, 0.717) is 52.2 Å². The lowest BCUT2D eigenvalue weighted by atomic mass is 9.50. The first-order valence-electron chi connectivity index (χ1n) is 19.1. The SMILES string of the molecule is C=C(C)C(=O)OC1(C)C2CC3CC(C2)CC1C3.C=C(C)C(=O)OC1C2CC3C(=O)OC1C3C2.C=C(C)C(=O)OC1C2CC3CC1CC(O)(C3)C2. The van der Waals surface area contributed by atoms with Gasteiger partial charge in [0.2, 0.25) is 0 Å². The third-order valence-corrected chi connectivity index (χ3v) is 14.2. The van der Waals surface area contributed by atoms with Crippen molar-refractivity contribution < 1.29 is 43.2 Å². The first-order chi connectivity index (χ1) is 23.5. The van der Waals surface area contributed by atoms with Crippen molar-refractivity contribution in [1.29, 1.82) is 0 Å². The van der Waals surface area contributed by atoms with Gasteiger partial charge < -0.3 is 24.1 Å². The highest BCUT2D eigenvalue weighted by Gasteiger charge is 2.63. The second-order valence-electron chi connectivity index (χ2n) is 18.1. The molecule has 7 atom stereocenters. The van der Waals surface area contributed by atoms with Gasteiger partial charge in [-0.2, -0.15) is 0 Å². The Morgan fingerprint density at radius 1 is 0.680 bits per heavy atom. The normalized spacial score (nSPS) is 45.8. The minimum atomic E-state index is -0.456. The van der Waals surface area contributed by atoms with Gasteiger partial charge in [0.05, 0.1) is 11.5 Å². The number of carbonyl (C=O) groups excluding carboxylic acids is 4. The van der Waals surface area contributed by atoms with Crippen molar-refractivity contribution in [3.8, 4) is 0 Å². The first-order valence-corrected chi connectivity index (χ1v) is 19.1. The Morgan fingerprint density at radius 3 is 1.70 bits per heavy atom. The highest BCUT2D eigenvalue weighted by atomic mass is 16.6. The molecule has 0 amide bonds. The standard InChI is InChI=1S/C15H22O2.C14H20O3.C12H14O4/c1-9(2)14(16)17-15(3)12-5-10-4-11(7-12)8-13(15)6-10;1-8(2)13(15)17-12-10-3-9-4-11(12)7-14(16,5-9)6-10;1-5(2)11(13)15-9-6-3-7-8(4-6)12(14)16-10(7)9/h10-13H,1,4-8H2,2-3H3;9-12,16H,1,3-7H2,2H3;6-10H,1,3-4H2,2H3. The van der Waals surface area contributed by atoms with Gasteiger partial charge in [-0.05, 0) is 146 Å². The average molecular weight is 693 g/mol. The zero-order valence-electron chi connectivity index (χ0n) is 30.3. The maximum Gasteiger partial charge on any atom is 0.333 e. The van der Waals surface area contributed by atoms with Crippen molar-refractivity contribution in [2.75, 3.05) is 0 Å². The molecule has 0 radical (unpaired) electrons. The summed E-state index contributed by atoms with van der Waals surface area (Å²) in [4.78, 5) is 46.4. The van der Waals surface area contributed by atoms with E-state index < -0.39 is 5.60 Å². The van der Waals surface area contributed by atoms with Crippen molar-refractivity contribution >= 4 is 23.9 Å². The van der Waals surface area contributed by atoms with Gasteiger partial charge in [-0.25, -0.2) is 14.4 Å². The molecule has 10 saturated carbocycles. The monoisotopic (exact) mass is 692 g/mol. The predicted octanol–water partition coefficient (Wildman–Crippen LogP) is 6.42. The van der Waals surface area contributed by atoms with E-state index in [1.54, 1.807) is 20.8 Å². The molecule has 1 saturated heterocycles. The second kappa shape index (κ2) is 12.9. The van der Waals surface area contributed by atoms with Crippen LogP contribution in [0, 0.1) is 59.2 Å². The molecular weight excluding hydrogens is 636 g/mol. The Hall–Kier alpha value is -2.94. The summed E-state index contributed by atoms with van der Waals surface area (Å²) in [6.07, 6.45) is 12.7. The molecule has 11 rings (SSSR count). The number of esters is 4. The predicted molar refractivity (Wildman–Crippen MR) is 184 cm³/mol. The Bertz CT molecular complexity index is 1430. The van der Waals surface area contributed by atoms with Gasteiger partial charge >= 0.3 is 23.9 Å². The Labute approximate surface area is 296 Å². The topological polar surface area (TPSA) is 125 Å². The van der Waals surface area contributed by atoms with Gasteiger partial charge in [0.1, 0.15) is 23.9 Å². The number of rotatable bonds is 6. The maximum atomic E-state index is 11.8. The molecule has 9 heteroatoms. The van der Waals surface area contributed by atoms with E-state index in [0.717, 1.165) is 56.8 Å². The fraction of sp³-hybridized carbons (Fsp3) is 0.756. The summed E-state index contributed by atoms with van der Waals surface area (Å²) in [5, 5.41) is 10.4. The van der Waals surface area contributed by atoms with Gasteiger partial charge in [0, 0.05) is 28.6 Å². The van der Waals surface area contributed by atoms with Crippen molar-refractivity contribution in [2.24, 2.45) is 59.2 Å². The lowest BCUT2D eigenvalue weighted by Crippen LogP contribution is -2.58. The molecule has 0 spiro atoms. The van der Waals surface area contributed by atoms with Gasteiger partial charge in [0.25, 0.3) is 0 Å². The van der Waals surface area contributed by atoms with Crippen LogP contribution in [0.3, 0.4) is 0 Å². The van der Waals surface area contributed by atoms with Gasteiger partial charge in [-0.3, -0.25) is 4.79 Å². The molecule has 1 aliphatic heterocycles. The fourth-order valence-electron chi connectivity index (χ4n) is 12.2. The van der Waals surface area contributed by atoms with E-state index >= 15 is 0 Å². The van der Waals surface area contributed by atoms with Crippen molar-refractivity contribution in [1.82, 2.24) is 0 Å². The molecule has 0 aromatic heterocycles. The molecule has 50 heavy (non-hydrogen) atoms. The number of aliphatic hydroxyl groups is 1. The largest absolute Gasteiger partial charge is 0.458 e. The minimum absolute atomic E-state index is 0.0241. The lowest BCUT2D eigenvalue weighted by Gasteiger charge is -2.59.